The van der Waals surface area contributed by atoms with Gasteiger partial charge >= 0.3 is 0 Å². The molecule has 1 aromatic carbocycles. The van der Waals surface area contributed by atoms with E-state index < -0.39 is 5.60 Å². The molecule has 0 aliphatic carbocycles. The van der Waals surface area contributed by atoms with Gasteiger partial charge in [-0.2, -0.15) is 0 Å². The van der Waals surface area contributed by atoms with E-state index >= 15 is 0 Å². The first-order chi connectivity index (χ1) is 7.03. The molecule has 1 N–H and O–H groups in total. The second-order valence-corrected chi connectivity index (χ2v) is 4.42. The van der Waals surface area contributed by atoms with Crippen molar-refractivity contribution in [2.45, 2.75) is 25.4 Å². The second-order valence-electron chi connectivity index (χ2n) is 4.42. The van der Waals surface area contributed by atoms with Crippen LogP contribution in [0.25, 0.3) is 0 Å². The first-order valence-electron chi connectivity index (χ1n) is 5.13. The molecule has 2 nitrogen and oxygen atoms in total. The summed E-state index contributed by atoms with van der Waals surface area (Å²) in [5.74, 6) is -0.0286. The highest BCUT2D eigenvalue weighted by molar-refractivity contribution is 5.32. The highest BCUT2D eigenvalue weighted by Gasteiger charge is 2.40. The Hall–Kier alpha value is -0.930. The number of aliphatic hydroxyl groups is 1. The molecule has 0 aromatic heterocycles. The van der Waals surface area contributed by atoms with Crippen molar-refractivity contribution in [3.63, 3.8) is 0 Å². The van der Waals surface area contributed by atoms with Gasteiger partial charge in [-0.05, 0) is 23.6 Å². The smallest absolute Gasteiger partial charge is 0.139 e. The first kappa shape index (κ1) is 10.6. The topological polar surface area (TPSA) is 29.5 Å². The molecule has 0 unspecified atom stereocenters. The minimum absolute atomic E-state index is 0.186. The lowest BCUT2D eigenvalue weighted by Gasteiger charge is -2.37. The van der Waals surface area contributed by atoms with Gasteiger partial charge in [0.25, 0.3) is 0 Å². The zero-order chi connectivity index (χ0) is 11.1. The van der Waals surface area contributed by atoms with Crippen molar-refractivity contribution in [3.05, 3.63) is 35.1 Å². The third-order valence-corrected chi connectivity index (χ3v) is 2.84. The molecule has 82 valence electrons. The summed E-state index contributed by atoms with van der Waals surface area (Å²) in [6.07, 6.45) is 0. The van der Waals surface area contributed by atoms with Crippen LogP contribution in [0.5, 0.6) is 0 Å². The lowest BCUT2D eigenvalue weighted by atomic mass is 9.88. The highest BCUT2D eigenvalue weighted by Crippen LogP contribution is 2.32. The molecule has 1 aliphatic heterocycles. The third-order valence-electron chi connectivity index (χ3n) is 2.84. The molecule has 0 amide bonds. The summed E-state index contributed by atoms with van der Waals surface area (Å²) in [7, 11) is 0. The largest absolute Gasteiger partial charge is 0.380 e. The van der Waals surface area contributed by atoms with E-state index in [4.69, 9.17) is 4.74 Å². The van der Waals surface area contributed by atoms with Gasteiger partial charge in [0, 0.05) is 5.56 Å². The molecule has 1 aromatic rings. The fraction of sp³-hybridized carbons (Fsp3) is 0.500. The van der Waals surface area contributed by atoms with Crippen LogP contribution in [-0.4, -0.2) is 18.3 Å². The summed E-state index contributed by atoms with van der Waals surface area (Å²) in [4.78, 5) is 0. The molecule has 1 aliphatic rings. The molecule has 1 heterocycles. The van der Waals surface area contributed by atoms with Crippen molar-refractivity contribution in [1.29, 1.82) is 0 Å². The molecule has 3 heteroatoms. The van der Waals surface area contributed by atoms with Crippen molar-refractivity contribution >= 4 is 0 Å². The van der Waals surface area contributed by atoms with E-state index in [1.807, 2.05) is 13.8 Å². The van der Waals surface area contributed by atoms with Gasteiger partial charge in [0.1, 0.15) is 11.4 Å². The van der Waals surface area contributed by atoms with E-state index in [-0.39, 0.29) is 19.0 Å². The maximum Gasteiger partial charge on any atom is 0.139 e. The summed E-state index contributed by atoms with van der Waals surface area (Å²) in [6, 6.07) is 4.91. The van der Waals surface area contributed by atoms with Gasteiger partial charge in [-0.15, -0.1) is 0 Å². The van der Waals surface area contributed by atoms with Crippen molar-refractivity contribution < 1.29 is 14.2 Å². The monoisotopic (exact) mass is 210 g/mol. The van der Waals surface area contributed by atoms with Crippen LogP contribution >= 0.6 is 0 Å². The van der Waals surface area contributed by atoms with Crippen LogP contribution in [0.2, 0.25) is 0 Å². The van der Waals surface area contributed by atoms with Gasteiger partial charge in [-0.3, -0.25) is 0 Å². The Morgan fingerprint density at radius 3 is 2.53 bits per heavy atom. The highest BCUT2D eigenvalue weighted by atomic mass is 19.1. The number of halogens is 1. The number of benzene rings is 1. The van der Waals surface area contributed by atoms with Crippen LogP contribution in [0.1, 0.15) is 30.9 Å². The van der Waals surface area contributed by atoms with Crippen LogP contribution in [0.15, 0.2) is 18.2 Å². The number of hydrogen-bond donors (Lipinski definition) is 1. The van der Waals surface area contributed by atoms with Crippen LogP contribution in [0.4, 0.5) is 4.39 Å². The summed E-state index contributed by atoms with van der Waals surface area (Å²) in [6.45, 7) is 4.45. The lowest BCUT2D eigenvalue weighted by molar-refractivity contribution is -0.186. The minimum atomic E-state index is -1.12. The van der Waals surface area contributed by atoms with E-state index in [0.717, 1.165) is 5.56 Å². The van der Waals surface area contributed by atoms with E-state index in [1.165, 1.54) is 6.07 Å². The molecule has 0 radical (unpaired) electrons. The van der Waals surface area contributed by atoms with Crippen molar-refractivity contribution in [1.82, 2.24) is 0 Å². The molecule has 15 heavy (non-hydrogen) atoms. The lowest BCUT2D eigenvalue weighted by Crippen LogP contribution is -2.47. The normalized spacial score (nSPS) is 19.0. The molecule has 1 fully saturated rings. The number of rotatable bonds is 2. The van der Waals surface area contributed by atoms with Gasteiger partial charge < -0.3 is 9.84 Å². The summed E-state index contributed by atoms with van der Waals surface area (Å²) >= 11 is 0. The van der Waals surface area contributed by atoms with Gasteiger partial charge in [0.2, 0.25) is 0 Å². The molecule has 2 rings (SSSR count). The Morgan fingerprint density at radius 1 is 1.40 bits per heavy atom. The second kappa shape index (κ2) is 3.58. The fourth-order valence-corrected chi connectivity index (χ4v) is 1.71. The fourth-order valence-electron chi connectivity index (χ4n) is 1.71. The van der Waals surface area contributed by atoms with Crippen LogP contribution in [0.3, 0.4) is 0 Å². The van der Waals surface area contributed by atoms with Crippen molar-refractivity contribution in [2.75, 3.05) is 13.2 Å². The summed E-state index contributed by atoms with van der Waals surface area (Å²) in [5, 5.41) is 10.0. The zero-order valence-electron chi connectivity index (χ0n) is 8.96. The third kappa shape index (κ3) is 1.77. The standard InChI is InChI=1S/C12H15FO2/c1-8(2)9-3-4-11(13)10(5-9)12(14)6-15-7-12/h3-5,8,14H,6-7H2,1-2H3. The molecule has 1 saturated heterocycles. The number of hydrogen-bond acceptors (Lipinski definition) is 2. The van der Waals surface area contributed by atoms with E-state index in [1.54, 1.807) is 12.1 Å². The summed E-state index contributed by atoms with van der Waals surface area (Å²) in [5.41, 5.74) is 0.279. The number of ether oxygens (including phenoxy) is 1. The van der Waals surface area contributed by atoms with Crippen LogP contribution < -0.4 is 0 Å². The van der Waals surface area contributed by atoms with E-state index in [0.29, 0.717) is 11.5 Å². The Morgan fingerprint density at radius 2 is 2.07 bits per heavy atom. The first-order valence-corrected chi connectivity index (χ1v) is 5.13. The van der Waals surface area contributed by atoms with Gasteiger partial charge in [0.05, 0.1) is 13.2 Å². The Bertz CT molecular complexity index is 370. The molecule has 0 spiro atoms. The Kier molecular flexibility index (Phi) is 2.52. The molecule has 0 saturated carbocycles. The minimum Gasteiger partial charge on any atom is -0.380 e. The average Bonchev–Trinajstić information content (AvgIpc) is 2.14. The maximum absolute atomic E-state index is 13.5. The molecule has 0 atom stereocenters. The van der Waals surface area contributed by atoms with Gasteiger partial charge in [-0.1, -0.05) is 19.9 Å². The SMILES string of the molecule is CC(C)c1ccc(F)c(C2(O)COC2)c1. The van der Waals surface area contributed by atoms with Gasteiger partial charge in [-0.25, -0.2) is 4.39 Å². The Balaban J connectivity index is 2.41. The van der Waals surface area contributed by atoms with Crippen LogP contribution in [-0.2, 0) is 10.3 Å². The maximum atomic E-state index is 13.5. The van der Waals surface area contributed by atoms with E-state index in [2.05, 4.69) is 0 Å². The predicted octanol–water partition coefficient (Wildman–Crippen LogP) is 2.17. The quantitative estimate of drug-likeness (QED) is 0.810. The predicted molar refractivity (Wildman–Crippen MR) is 55.2 cm³/mol. The van der Waals surface area contributed by atoms with E-state index in [9.17, 15) is 9.50 Å². The molecular weight excluding hydrogens is 195 g/mol. The molecular formula is C12H15FO2. The van der Waals surface area contributed by atoms with Crippen molar-refractivity contribution in [2.24, 2.45) is 0 Å². The zero-order valence-corrected chi connectivity index (χ0v) is 8.96. The average molecular weight is 210 g/mol. The Labute approximate surface area is 88.7 Å². The van der Waals surface area contributed by atoms with Gasteiger partial charge in [0.15, 0.2) is 0 Å². The van der Waals surface area contributed by atoms with Crippen molar-refractivity contribution in [3.8, 4) is 0 Å². The molecule has 0 bridgehead atoms. The summed E-state index contributed by atoms with van der Waals surface area (Å²) < 4.78 is 18.5. The van der Waals surface area contributed by atoms with Crippen LogP contribution in [0, 0.1) is 5.82 Å².